The van der Waals surface area contributed by atoms with Gasteiger partial charge in [-0.1, -0.05) is 23.7 Å². The van der Waals surface area contributed by atoms with Crippen LogP contribution in [0.3, 0.4) is 0 Å². The highest BCUT2D eigenvalue weighted by atomic mass is 35.5. The summed E-state index contributed by atoms with van der Waals surface area (Å²) in [7, 11) is 0. The average Bonchev–Trinajstić information content (AvgIpc) is 2.84. The minimum absolute atomic E-state index is 0.545. The zero-order valence-corrected chi connectivity index (χ0v) is 10.1. The van der Waals surface area contributed by atoms with Gasteiger partial charge in [0.2, 0.25) is 0 Å². The maximum atomic E-state index is 6.32. The molecule has 0 atom stereocenters. The summed E-state index contributed by atoms with van der Waals surface area (Å²) in [4.78, 5) is 8.25. The van der Waals surface area contributed by atoms with Crippen LogP contribution in [0, 0.1) is 0 Å². The van der Waals surface area contributed by atoms with Gasteiger partial charge in [-0.2, -0.15) is 10.2 Å². The lowest BCUT2D eigenvalue weighted by molar-refractivity contribution is 0.651. The molecule has 2 aromatic heterocycles. The third-order valence-corrected chi connectivity index (χ3v) is 3.25. The van der Waals surface area contributed by atoms with Gasteiger partial charge in [-0.25, -0.2) is 0 Å². The van der Waals surface area contributed by atoms with Crippen molar-refractivity contribution in [1.29, 1.82) is 0 Å². The third-order valence-electron chi connectivity index (χ3n) is 2.88. The van der Waals surface area contributed by atoms with Crippen LogP contribution in [0.15, 0.2) is 70.5 Å². The van der Waals surface area contributed by atoms with Gasteiger partial charge in [-0.05, 0) is 12.1 Å². The molecule has 1 aliphatic heterocycles. The van der Waals surface area contributed by atoms with Gasteiger partial charge in [0.25, 0.3) is 0 Å². The number of azo groups is 1. The van der Waals surface area contributed by atoms with Crippen LogP contribution >= 0.6 is 11.6 Å². The SMILES string of the molecule is ClC1=CN=NC1(c1cccnc1)c1cccnc1. The molecule has 0 amide bonds. The normalized spacial score (nSPS) is 16.6. The second-order valence-corrected chi connectivity index (χ2v) is 4.29. The Kier molecular flexibility index (Phi) is 2.64. The van der Waals surface area contributed by atoms with Gasteiger partial charge in [0.1, 0.15) is 0 Å². The Balaban J connectivity index is 2.24. The first-order valence-corrected chi connectivity index (χ1v) is 5.81. The van der Waals surface area contributed by atoms with E-state index < -0.39 is 5.54 Å². The van der Waals surface area contributed by atoms with E-state index in [1.165, 1.54) is 0 Å². The second-order valence-electron chi connectivity index (χ2n) is 3.89. The van der Waals surface area contributed by atoms with E-state index in [1.807, 2.05) is 24.3 Å². The molecule has 2 aromatic rings. The maximum Gasteiger partial charge on any atom is 0.172 e. The first-order valence-electron chi connectivity index (χ1n) is 5.43. The molecule has 1 aliphatic rings. The van der Waals surface area contributed by atoms with Crippen molar-refractivity contribution in [3.63, 3.8) is 0 Å². The van der Waals surface area contributed by atoms with E-state index in [9.17, 15) is 0 Å². The van der Waals surface area contributed by atoms with E-state index in [-0.39, 0.29) is 0 Å². The van der Waals surface area contributed by atoms with Gasteiger partial charge in [-0.15, -0.1) is 0 Å². The van der Waals surface area contributed by atoms with Crippen molar-refractivity contribution in [2.45, 2.75) is 5.54 Å². The molecule has 5 heteroatoms. The highest BCUT2D eigenvalue weighted by molar-refractivity contribution is 6.31. The minimum atomic E-state index is -0.802. The lowest BCUT2D eigenvalue weighted by Crippen LogP contribution is -2.24. The number of pyridine rings is 2. The highest BCUT2D eigenvalue weighted by Crippen LogP contribution is 2.45. The fraction of sp³-hybridized carbons (Fsp3) is 0.0769. The lowest BCUT2D eigenvalue weighted by Gasteiger charge is -2.25. The standard InChI is InChI=1S/C13H9ClN4/c14-12-9-17-18-13(12,10-3-1-5-15-7-10)11-4-2-6-16-8-11/h1-9H. The molecule has 0 radical (unpaired) electrons. The molecule has 18 heavy (non-hydrogen) atoms. The molecule has 0 bridgehead atoms. The summed E-state index contributed by atoms with van der Waals surface area (Å²) in [5.41, 5.74) is 0.949. The van der Waals surface area contributed by atoms with Crippen LogP contribution in [0.2, 0.25) is 0 Å². The van der Waals surface area contributed by atoms with Crippen molar-refractivity contribution in [2.24, 2.45) is 10.2 Å². The van der Waals surface area contributed by atoms with Crippen LogP contribution in [0.25, 0.3) is 0 Å². The van der Waals surface area contributed by atoms with Crippen LogP contribution in [0.1, 0.15) is 11.1 Å². The van der Waals surface area contributed by atoms with E-state index in [2.05, 4.69) is 20.2 Å². The second kappa shape index (κ2) is 4.31. The number of hydrogen-bond acceptors (Lipinski definition) is 4. The zero-order chi connectivity index (χ0) is 12.4. The number of nitrogens with zero attached hydrogens (tertiary/aromatic N) is 4. The Bertz CT molecular complexity index is 568. The van der Waals surface area contributed by atoms with Crippen LogP contribution < -0.4 is 0 Å². The molecule has 3 rings (SSSR count). The molecule has 0 N–H and O–H groups in total. The average molecular weight is 257 g/mol. The minimum Gasteiger partial charge on any atom is -0.264 e. The fourth-order valence-corrected chi connectivity index (χ4v) is 2.32. The number of rotatable bonds is 2. The van der Waals surface area contributed by atoms with Gasteiger partial charge in [0, 0.05) is 35.9 Å². The lowest BCUT2D eigenvalue weighted by atomic mass is 9.85. The zero-order valence-electron chi connectivity index (χ0n) is 9.36. The summed E-state index contributed by atoms with van der Waals surface area (Å²) in [6.45, 7) is 0. The Hall–Kier alpha value is -2.07. The molecule has 3 heterocycles. The third kappa shape index (κ3) is 1.54. The predicted octanol–water partition coefficient (Wildman–Crippen LogP) is 3.27. The molecule has 4 nitrogen and oxygen atoms in total. The van der Waals surface area contributed by atoms with E-state index in [0.717, 1.165) is 11.1 Å². The molecule has 88 valence electrons. The first kappa shape index (κ1) is 11.0. The van der Waals surface area contributed by atoms with Gasteiger partial charge >= 0.3 is 0 Å². The molecule has 0 spiro atoms. The van der Waals surface area contributed by atoms with Crippen LogP contribution in [0.4, 0.5) is 0 Å². The first-order chi connectivity index (χ1) is 8.84. The highest BCUT2D eigenvalue weighted by Gasteiger charge is 2.41. The van der Waals surface area contributed by atoms with Crippen molar-refractivity contribution >= 4 is 11.6 Å². The summed E-state index contributed by atoms with van der Waals surface area (Å²) in [6.07, 6.45) is 8.47. The molecule has 0 aliphatic carbocycles. The van der Waals surface area contributed by atoms with Crippen molar-refractivity contribution < 1.29 is 0 Å². The van der Waals surface area contributed by atoms with E-state index in [1.54, 1.807) is 31.0 Å². The molecule has 0 unspecified atom stereocenters. The number of halogens is 1. The van der Waals surface area contributed by atoms with Crippen LogP contribution in [0.5, 0.6) is 0 Å². The summed E-state index contributed by atoms with van der Waals surface area (Å²) in [5, 5.41) is 8.80. The van der Waals surface area contributed by atoms with Crippen molar-refractivity contribution in [2.75, 3.05) is 0 Å². The monoisotopic (exact) mass is 256 g/mol. The van der Waals surface area contributed by atoms with Gasteiger partial charge in [0.05, 0.1) is 11.2 Å². The fourth-order valence-electron chi connectivity index (χ4n) is 2.02. The Labute approximate surface area is 109 Å². The van der Waals surface area contributed by atoms with E-state index in [4.69, 9.17) is 11.6 Å². The van der Waals surface area contributed by atoms with Crippen molar-refractivity contribution in [1.82, 2.24) is 9.97 Å². The van der Waals surface area contributed by atoms with Gasteiger partial charge in [-0.3, -0.25) is 9.97 Å². The summed E-state index contributed by atoms with van der Waals surface area (Å²) in [5.74, 6) is 0. The number of aromatic nitrogens is 2. The largest absolute Gasteiger partial charge is 0.264 e. The summed E-state index contributed by atoms with van der Waals surface area (Å²) < 4.78 is 0. The summed E-state index contributed by atoms with van der Waals surface area (Å²) >= 11 is 6.32. The molecular formula is C13H9ClN4. The topological polar surface area (TPSA) is 50.5 Å². The van der Waals surface area contributed by atoms with E-state index >= 15 is 0 Å². The quantitative estimate of drug-likeness (QED) is 0.828. The molecular weight excluding hydrogens is 248 g/mol. The van der Waals surface area contributed by atoms with Crippen molar-refractivity contribution in [3.05, 3.63) is 71.4 Å². The Morgan fingerprint density at radius 3 is 1.94 bits per heavy atom. The number of hydrogen-bond donors (Lipinski definition) is 0. The van der Waals surface area contributed by atoms with Gasteiger partial charge in [0.15, 0.2) is 5.54 Å². The van der Waals surface area contributed by atoms with Crippen LogP contribution in [-0.4, -0.2) is 9.97 Å². The molecule has 0 aromatic carbocycles. The van der Waals surface area contributed by atoms with Crippen molar-refractivity contribution in [3.8, 4) is 0 Å². The van der Waals surface area contributed by atoms with Crippen LogP contribution in [-0.2, 0) is 5.54 Å². The predicted molar refractivity (Wildman–Crippen MR) is 68.0 cm³/mol. The Morgan fingerprint density at radius 1 is 0.944 bits per heavy atom. The molecule has 0 saturated heterocycles. The van der Waals surface area contributed by atoms with Gasteiger partial charge < -0.3 is 0 Å². The smallest absolute Gasteiger partial charge is 0.172 e. The molecule has 0 saturated carbocycles. The summed E-state index contributed by atoms with van der Waals surface area (Å²) in [6, 6.07) is 7.57. The maximum absolute atomic E-state index is 6.32. The Morgan fingerprint density at radius 2 is 1.56 bits per heavy atom. The van der Waals surface area contributed by atoms with E-state index in [0.29, 0.717) is 5.03 Å². The molecule has 0 fully saturated rings.